The number of carbonyl (C=O) groups is 1. The lowest BCUT2D eigenvalue weighted by molar-refractivity contribution is 0.0804. The van der Waals surface area contributed by atoms with Crippen LogP contribution in [-0.2, 0) is 6.42 Å². The van der Waals surface area contributed by atoms with E-state index in [1.165, 1.54) is 16.0 Å². The van der Waals surface area contributed by atoms with Crippen LogP contribution in [0, 0.1) is 0 Å². The quantitative estimate of drug-likeness (QED) is 0.794. The number of hydrogen-bond acceptors (Lipinski definition) is 2. The minimum absolute atomic E-state index is 0.158. The van der Waals surface area contributed by atoms with Gasteiger partial charge in [-0.25, -0.2) is 0 Å². The molecule has 1 unspecified atom stereocenters. The van der Waals surface area contributed by atoms with E-state index in [1.807, 2.05) is 24.1 Å². The summed E-state index contributed by atoms with van der Waals surface area (Å²) in [6.07, 6.45) is 1.93. The van der Waals surface area contributed by atoms with Crippen LogP contribution in [0.5, 0.6) is 0 Å². The topological polar surface area (TPSA) is 20.3 Å². The summed E-state index contributed by atoms with van der Waals surface area (Å²) in [5.74, 6) is 0.439. The Kier molecular flexibility index (Phi) is 4.05. The van der Waals surface area contributed by atoms with E-state index in [-0.39, 0.29) is 11.8 Å². The van der Waals surface area contributed by atoms with Crippen molar-refractivity contribution in [2.24, 2.45) is 0 Å². The molecule has 0 bridgehead atoms. The summed E-state index contributed by atoms with van der Waals surface area (Å²) >= 11 is 7.64. The van der Waals surface area contributed by atoms with Crippen LogP contribution in [0.15, 0.2) is 30.3 Å². The van der Waals surface area contributed by atoms with Crippen molar-refractivity contribution in [2.45, 2.75) is 25.7 Å². The smallest absolute Gasteiger partial charge is 0.263 e. The number of benzene rings is 1. The summed E-state index contributed by atoms with van der Waals surface area (Å²) in [6, 6.07) is 10.2. The average Bonchev–Trinajstić information content (AvgIpc) is 2.88. The van der Waals surface area contributed by atoms with Gasteiger partial charge in [0, 0.05) is 29.4 Å². The van der Waals surface area contributed by atoms with Crippen molar-refractivity contribution in [2.75, 3.05) is 13.6 Å². The highest BCUT2D eigenvalue weighted by molar-refractivity contribution is 7.14. The molecule has 1 aromatic carbocycles. The predicted octanol–water partition coefficient (Wildman–Crippen LogP) is 4.57. The molecule has 0 fully saturated rings. The Bertz CT molecular complexity index is 662. The van der Waals surface area contributed by atoms with Crippen LogP contribution in [-0.4, -0.2) is 24.4 Å². The molecule has 3 rings (SSSR count). The highest BCUT2D eigenvalue weighted by atomic mass is 35.5. The van der Waals surface area contributed by atoms with Crippen molar-refractivity contribution in [1.82, 2.24) is 4.90 Å². The van der Waals surface area contributed by atoms with Gasteiger partial charge in [-0.3, -0.25) is 4.79 Å². The predicted molar refractivity (Wildman–Crippen MR) is 88.6 cm³/mol. The van der Waals surface area contributed by atoms with Crippen LogP contribution >= 0.6 is 22.9 Å². The molecule has 0 radical (unpaired) electrons. The summed E-state index contributed by atoms with van der Waals surface area (Å²) in [4.78, 5) is 16.5. The van der Waals surface area contributed by atoms with Crippen molar-refractivity contribution in [3.05, 3.63) is 56.2 Å². The van der Waals surface area contributed by atoms with Gasteiger partial charge in [0.25, 0.3) is 5.91 Å². The molecular formula is C17H18ClNOS. The average molecular weight is 320 g/mol. The number of amides is 1. The zero-order valence-electron chi connectivity index (χ0n) is 12.2. The van der Waals surface area contributed by atoms with E-state index in [2.05, 4.69) is 25.1 Å². The first kappa shape index (κ1) is 14.6. The molecule has 1 aromatic heterocycles. The van der Waals surface area contributed by atoms with E-state index < -0.39 is 0 Å². The number of carbonyl (C=O) groups excluding carboxylic acids is 1. The molecule has 1 aliphatic rings. The van der Waals surface area contributed by atoms with Crippen LogP contribution in [0.4, 0.5) is 0 Å². The summed E-state index contributed by atoms with van der Waals surface area (Å²) < 4.78 is 0. The van der Waals surface area contributed by atoms with Crippen molar-refractivity contribution in [1.29, 1.82) is 0 Å². The van der Waals surface area contributed by atoms with Gasteiger partial charge in [-0.15, -0.1) is 11.3 Å². The first-order valence-electron chi connectivity index (χ1n) is 7.23. The number of aryl methyl sites for hydroxylation is 1. The Balaban J connectivity index is 2.09. The van der Waals surface area contributed by atoms with Crippen molar-refractivity contribution in [3.8, 4) is 0 Å². The fourth-order valence-electron chi connectivity index (χ4n) is 2.85. The van der Waals surface area contributed by atoms with E-state index in [0.717, 1.165) is 29.3 Å². The molecule has 110 valence electrons. The van der Waals surface area contributed by atoms with Gasteiger partial charge >= 0.3 is 0 Å². The third kappa shape index (κ3) is 2.72. The zero-order chi connectivity index (χ0) is 15.0. The highest BCUT2D eigenvalue weighted by Gasteiger charge is 2.29. The van der Waals surface area contributed by atoms with Gasteiger partial charge in [0.1, 0.15) is 0 Å². The van der Waals surface area contributed by atoms with Crippen molar-refractivity contribution in [3.63, 3.8) is 0 Å². The van der Waals surface area contributed by atoms with Crippen LogP contribution in [0.25, 0.3) is 0 Å². The standard InChI is InChI=1S/C17H18ClNOS/c1-3-13-10-15-14(11-4-6-12(18)7-5-11)8-9-19(2)17(20)16(15)21-13/h4-7,10,14H,3,8-9H2,1-2H3. The Hall–Kier alpha value is -1.32. The van der Waals surface area contributed by atoms with Gasteiger partial charge in [0.15, 0.2) is 0 Å². The maximum absolute atomic E-state index is 12.5. The minimum atomic E-state index is 0.158. The number of rotatable bonds is 2. The number of nitrogens with zero attached hydrogens (tertiary/aromatic N) is 1. The van der Waals surface area contributed by atoms with Gasteiger partial charge in [-0.05, 0) is 42.2 Å². The second kappa shape index (κ2) is 5.82. The normalized spacial score (nSPS) is 18.5. The summed E-state index contributed by atoms with van der Waals surface area (Å²) in [6.45, 7) is 2.92. The van der Waals surface area contributed by atoms with E-state index >= 15 is 0 Å². The largest absolute Gasteiger partial charge is 0.341 e. The number of thiophene rings is 1. The number of fused-ring (bicyclic) bond motifs is 1. The Morgan fingerprint density at radius 1 is 1.33 bits per heavy atom. The van der Waals surface area contributed by atoms with Crippen LogP contribution in [0.1, 0.15) is 44.9 Å². The second-order valence-corrected chi connectivity index (χ2v) is 7.04. The number of hydrogen-bond donors (Lipinski definition) is 0. The molecule has 0 saturated heterocycles. The fraction of sp³-hybridized carbons (Fsp3) is 0.353. The molecule has 0 aliphatic carbocycles. The molecule has 1 aliphatic heterocycles. The maximum Gasteiger partial charge on any atom is 0.263 e. The SMILES string of the molecule is CCc1cc2c(s1)C(=O)N(C)CCC2c1ccc(Cl)cc1. The lowest BCUT2D eigenvalue weighted by Crippen LogP contribution is -2.25. The molecule has 1 amide bonds. The van der Waals surface area contributed by atoms with Gasteiger partial charge in [-0.2, -0.15) is 0 Å². The van der Waals surface area contributed by atoms with Crippen LogP contribution < -0.4 is 0 Å². The molecule has 2 aromatic rings. The van der Waals surface area contributed by atoms with Gasteiger partial charge in [0.05, 0.1) is 4.88 Å². The van der Waals surface area contributed by atoms with E-state index in [4.69, 9.17) is 11.6 Å². The van der Waals surface area contributed by atoms with Crippen molar-refractivity contribution >= 4 is 28.8 Å². The summed E-state index contributed by atoms with van der Waals surface area (Å²) in [5.41, 5.74) is 2.43. The third-order valence-electron chi connectivity index (χ3n) is 4.10. The van der Waals surface area contributed by atoms with Gasteiger partial charge in [0.2, 0.25) is 0 Å². The molecule has 1 atom stereocenters. The first-order valence-corrected chi connectivity index (χ1v) is 8.43. The Morgan fingerprint density at radius 2 is 2.05 bits per heavy atom. The van der Waals surface area contributed by atoms with Crippen LogP contribution in [0.2, 0.25) is 5.02 Å². The van der Waals surface area contributed by atoms with Gasteiger partial charge in [-0.1, -0.05) is 30.7 Å². The van der Waals surface area contributed by atoms with Crippen LogP contribution in [0.3, 0.4) is 0 Å². The Labute approximate surface area is 134 Å². The Morgan fingerprint density at radius 3 is 2.71 bits per heavy atom. The van der Waals surface area contributed by atoms with E-state index in [1.54, 1.807) is 11.3 Å². The van der Waals surface area contributed by atoms with Gasteiger partial charge < -0.3 is 4.90 Å². The van der Waals surface area contributed by atoms with E-state index in [0.29, 0.717) is 0 Å². The lowest BCUT2D eigenvalue weighted by Gasteiger charge is -2.16. The maximum atomic E-state index is 12.5. The van der Waals surface area contributed by atoms with Crippen molar-refractivity contribution < 1.29 is 4.79 Å². The first-order chi connectivity index (χ1) is 10.1. The van der Waals surface area contributed by atoms with E-state index in [9.17, 15) is 4.79 Å². The highest BCUT2D eigenvalue weighted by Crippen LogP contribution is 2.38. The summed E-state index contributed by atoms with van der Waals surface area (Å²) in [5, 5.41) is 0.750. The molecule has 4 heteroatoms. The second-order valence-electron chi connectivity index (χ2n) is 5.47. The molecular weight excluding hydrogens is 302 g/mol. The molecule has 2 heterocycles. The summed E-state index contributed by atoms with van der Waals surface area (Å²) in [7, 11) is 1.89. The lowest BCUT2D eigenvalue weighted by atomic mass is 9.89. The zero-order valence-corrected chi connectivity index (χ0v) is 13.8. The molecule has 21 heavy (non-hydrogen) atoms. The molecule has 0 spiro atoms. The third-order valence-corrected chi connectivity index (χ3v) is 5.64. The molecule has 0 N–H and O–H groups in total. The fourth-order valence-corrected chi connectivity index (χ4v) is 4.13. The molecule has 2 nitrogen and oxygen atoms in total. The monoisotopic (exact) mass is 319 g/mol. The number of halogens is 1. The minimum Gasteiger partial charge on any atom is -0.341 e. The molecule has 0 saturated carbocycles.